The van der Waals surface area contributed by atoms with Crippen molar-refractivity contribution >= 4 is 34.2 Å². The number of carbonyl (C=O) groups is 3. The lowest BCUT2D eigenvalue weighted by molar-refractivity contribution is -0.116. The van der Waals surface area contributed by atoms with E-state index >= 15 is 0 Å². The molecule has 30 heavy (non-hydrogen) atoms. The van der Waals surface area contributed by atoms with Crippen LogP contribution in [0.3, 0.4) is 0 Å². The topological polar surface area (TPSA) is 101 Å². The molecule has 0 atom stereocenters. The van der Waals surface area contributed by atoms with E-state index in [1.54, 1.807) is 24.3 Å². The molecule has 0 bridgehead atoms. The zero-order chi connectivity index (χ0) is 21.1. The SMILES string of the molecule is Cc1ccc(OCCC(=O)Nc2nnc(CN3C(=O)c4ccccc4C3=O)s2)cc1. The molecule has 1 N–H and O–H groups in total. The van der Waals surface area contributed by atoms with E-state index in [1.807, 2.05) is 31.2 Å². The first-order chi connectivity index (χ1) is 14.5. The number of benzene rings is 2. The molecule has 0 radical (unpaired) electrons. The van der Waals surface area contributed by atoms with Crippen LogP contribution in [0.1, 0.15) is 37.7 Å². The van der Waals surface area contributed by atoms with E-state index in [1.165, 1.54) is 0 Å². The quantitative estimate of drug-likeness (QED) is 0.587. The van der Waals surface area contributed by atoms with E-state index in [4.69, 9.17) is 4.74 Å². The molecule has 0 spiro atoms. The van der Waals surface area contributed by atoms with Crippen molar-refractivity contribution in [3.8, 4) is 5.75 Å². The molecule has 3 amide bonds. The van der Waals surface area contributed by atoms with Gasteiger partial charge < -0.3 is 10.1 Å². The van der Waals surface area contributed by atoms with Crippen LogP contribution in [0.25, 0.3) is 0 Å². The van der Waals surface area contributed by atoms with E-state index in [-0.39, 0.29) is 37.3 Å². The zero-order valence-corrected chi connectivity index (χ0v) is 16.9. The molecule has 0 unspecified atom stereocenters. The Kier molecular flexibility index (Phi) is 5.53. The third kappa shape index (κ3) is 4.20. The molecular weight excluding hydrogens is 404 g/mol. The Morgan fingerprint density at radius 3 is 2.37 bits per heavy atom. The smallest absolute Gasteiger partial charge is 0.261 e. The third-order valence-electron chi connectivity index (χ3n) is 4.50. The monoisotopic (exact) mass is 422 g/mol. The molecule has 2 aromatic carbocycles. The molecule has 0 saturated heterocycles. The number of fused-ring (bicyclic) bond motifs is 1. The number of ether oxygens (including phenoxy) is 1. The van der Waals surface area contributed by atoms with Gasteiger partial charge in [-0.1, -0.05) is 41.2 Å². The summed E-state index contributed by atoms with van der Waals surface area (Å²) in [5, 5.41) is 11.3. The van der Waals surface area contributed by atoms with Gasteiger partial charge in [0.15, 0.2) is 0 Å². The lowest BCUT2D eigenvalue weighted by atomic mass is 10.1. The predicted molar refractivity (Wildman–Crippen MR) is 110 cm³/mol. The number of anilines is 1. The Labute approximate surface area is 176 Å². The van der Waals surface area contributed by atoms with Gasteiger partial charge in [-0.3, -0.25) is 19.3 Å². The van der Waals surface area contributed by atoms with Crippen LogP contribution in [-0.4, -0.2) is 39.4 Å². The maximum absolute atomic E-state index is 12.4. The van der Waals surface area contributed by atoms with Crippen LogP contribution in [-0.2, 0) is 11.3 Å². The fraction of sp³-hybridized carbons (Fsp3) is 0.190. The van der Waals surface area contributed by atoms with E-state index in [0.717, 1.165) is 21.8 Å². The number of hydrogen-bond donors (Lipinski definition) is 1. The summed E-state index contributed by atoms with van der Waals surface area (Å²) in [4.78, 5) is 38.1. The average molecular weight is 422 g/mol. The van der Waals surface area contributed by atoms with Gasteiger partial charge in [0.2, 0.25) is 11.0 Å². The van der Waals surface area contributed by atoms with Gasteiger partial charge in [-0.25, -0.2) is 0 Å². The van der Waals surface area contributed by atoms with Crippen molar-refractivity contribution in [2.45, 2.75) is 19.9 Å². The molecule has 9 heteroatoms. The van der Waals surface area contributed by atoms with Gasteiger partial charge in [-0.2, -0.15) is 0 Å². The van der Waals surface area contributed by atoms with Crippen molar-refractivity contribution in [1.82, 2.24) is 15.1 Å². The maximum atomic E-state index is 12.4. The number of imide groups is 1. The fourth-order valence-corrected chi connectivity index (χ4v) is 3.71. The summed E-state index contributed by atoms with van der Waals surface area (Å²) in [5.74, 6) is -0.271. The van der Waals surface area contributed by atoms with E-state index in [0.29, 0.717) is 27.0 Å². The minimum atomic E-state index is -0.357. The number of carbonyl (C=O) groups excluding carboxylic acids is 3. The zero-order valence-electron chi connectivity index (χ0n) is 16.1. The number of aryl methyl sites for hydroxylation is 1. The standard InChI is InChI=1S/C21H18N4O4S/c1-13-6-8-14(9-7-13)29-11-10-17(26)22-21-24-23-18(30-21)12-25-19(27)15-4-2-3-5-16(15)20(25)28/h2-9H,10-12H2,1H3,(H,22,24,26). The highest BCUT2D eigenvalue weighted by Crippen LogP contribution is 2.26. The van der Waals surface area contributed by atoms with Crippen LogP contribution >= 0.6 is 11.3 Å². The first-order valence-corrected chi connectivity index (χ1v) is 10.1. The van der Waals surface area contributed by atoms with Crippen LogP contribution in [0.4, 0.5) is 5.13 Å². The second-order valence-electron chi connectivity index (χ2n) is 6.70. The molecular formula is C21H18N4O4S. The minimum absolute atomic E-state index is 0.0103. The third-order valence-corrected chi connectivity index (χ3v) is 5.33. The summed E-state index contributed by atoms with van der Waals surface area (Å²) in [6.45, 7) is 2.23. The molecule has 152 valence electrons. The van der Waals surface area contributed by atoms with Crippen molar-refractivity contribution in [1.29, 1.82) is 0 Å². The van der Waals surface area contributed by atoms with Gasteiger partial charge >= 0.3 is 0 Å². The molecule has 0 saturated carbocycles. The van der Waals surface area contributed by atoms with Crippen LogP contribution < -0.4 is 10.1 Å². The molecule has 1 aliphatic rings. The van der Waals surface area contributed by atoms with Crippen molar-refractivity contribution < 1.29 is 19.1 Å². The first kappa shape index (κ1) is 19.7. The largest absolute Gasteiger partial charge is 0.493 e. The number of nitrogens with zero attached hydrogens (tertiary/aromatic N) is 3. The molecule has 4 rings (SSSR count). The van der Waals surface area contributed by atoms with Gasteiger partial charge in [0, 0.05) is 0 Å². The van der Waals surface area contributed by atoms with Crippen LogP contribution in [0.5, 0.6) is 5.75 Å². The van der Waals surface area contributed by atoms with Crippen molar-refractivity contribution in [3.63, 3.8) is 0 Å². The fourth-order valence-electron chi connectivity index (χ4n) is 2.96. The van der Waals surface area contributed by atoms with Gasteiger partial charge in [-0.15, -0.1) is 10.2 Å². The molecule has 1 aliphatic heterocycles. The summed E-state index contributed by atoms with van der Waals surface area (Å²) in [7, 11) is 0. The summed E-state index contributed by atoms with van der Waals surface area (Å²) < 4.78 is 5.54. The van der Waals surface area contributed by atoms with E-state index in [2.05, 4.69) is 15.5 Å². The van der Waals surface area contributed by atoms with Gasteiger partial charge in [0.1, 0.15) is 10.8 Å². The van der Waals surface area contributed by atoms with E-state index in [9.17, 15) is 14.4 Å². The molecule has 0 fully saturated rings. The normalized spacial score (nSPS) is 12.8. The highest BCUT2D eigenvalue weighted by Gasteiger charge is 2.35. The molecule has 0 aliphatic carbocycles. The lowest BCUT2D eigenvalue weighted by Crippen LogP contribution is -2.29. The maximum Gasteiger partial charge on any atom is 0.261 e. The predicted octanol–water partition coefficient (Wildman–Crippen LogP) is 3.05. The average Bonchev–Trinajstić information content (AvgIpc) is 3.28. The number of nitrogens with one attached hydrogen (secondary N) is 1. The number of rotatable bonds is 7. The van der Waals surface area contributed by atoms with Gasteiger partial charge in [0.05, 0.1) is 30.7 Å². The van der Waals surface area contributed by atoms with Crippen molar-refractivity contribution in [2.75, 3.05) is 11.9 Å². The summed E-state index contributed by atoms with van der Waals surface area (Å²) >= 11 is 1.12. The van der Waals surface area contributed by atoms with Gasteiger partial charge in [-0.05, 0) is 31.2 Å². The number of hydrogen-bond acceptors (Lipinski definition) is 7. The Hall–Kier alpha value is -3.59. The molecule has 2 heterocycles. The molecule has 8 nitrogen and oxygen atoms in total. The van der Waals surface area contributed by atoms with E-state index < -0.39 is 0 Å². The second kappa shape index (κ2) is 8.42. The minimum Gasteiger partial charge on any atom is -0.493 e. The highest BCUT2D eigenvalue weighted by molar-refractivity contribution is 7.15. The van der Waals surface area contributed by atoms with Gasteiger partial charge in [0.25, 0.3) is 11.8 Å². The van der Waals surface area contributed by atoms with Crippen LogP contribution in [0.15, 0.2) is 48.5 Å². The first-order valence-electron chi connectivity index (χ1n) is 9.28. The summed E-state index contributed by atoms with van der Waals surface area (Å²) in [6, 6.07) is 14.3. The number of amides is 3. The number of aromatic nitrogens is 2. The summed E-state index contributed by atoms with van der Waals surface area (Å²) in [5.41, 5.74) is 1.90. The van der Waals surface area contributed by atoms with Crippen molar-refractivity contribution in [2.24, 2.45) is 0 Å². The molecule has 1 aromatic heterocycles. The second-order valence-corrected chi connectivity index (χ2v) is 7.76. The van der Waals surface area contributed by atoms with Crippen LogP contribution in [0, 0.1) is 6.92 Å². The summed E-state index contributed by atoms with van der Waals surface area (Å²) in [6.07, 6.45) is 0.154. The highest BCUT2D eigenvalue weighted by atomic mass is 32.1. The Balaban J connectivity index is 1.29. The van der Waals surface area contributed by atoms with Crippen LogP contribution in [0.2, 0.25) is 0 Å². The Morgan fingerprint density at radius 1 is 1.03 bits per heavy atom. The van der Waals surface area contributed by atoms with Crippen molar-refractivity contribution in [3.05, 3.63) is 70.2 Å². The molecule has 3 aromatic rings. The lowest BCUT2D eigenvalue weighted by Gasteiger charge is -2.10. The Bertz CT molecular complexity index is 1080. The Morgan fingerprint density at radius 2 is 1.70 bits per heavy atom.